The summed E-state index contributed by atoms with van der Waals surface area (Å²) in [5.74, 6) is -6.53. The number of rotatable bonds is 31. The van der Waals surface area contributed by atoms with E-state index in [9.17, 15) is 90.4 Å². The Labute approximate surface area is 567 Å². The van der Waals surface area contributed by atoms with E-state index in [1.807, 2.05) is 49.3 Å². The molecular weight excluding hydrogens is 1310 g/mol. The van der Waals surface area contributed by atoms with Gasteiger partial charge in [-0.25, -0.2) is 0 Å². The summed E-state index contributed by atoms with van der Waals surface area (Å²) in [6, 6.07) is 9.62. The van der Waals surface area contributed by atoms with Gasteiger partial charge in [0.15, 0.2) is 24.4 Å². The third-order valence-corrected chi connectivity index (χ3v) is 17.8. The summed E-state index contributed by atoms with van der Waals surface area (Å²) in [6.07, 6.45) is -26.2. The van der Waals surface area contributed by atoms with Crippen LogP contribution in [0.4, 0.5) is 5.69 Å². The second-order valence-electron chi connectivity index (χ2n) is 24.7. The van der Waals surface area contributed by atoms with E-state index in [0.29, 0.717) is 5.56 Å². The fraction of sp³-hybridized carbons (Fsp3) is 0.571. The van der Waals surface area contributed by atoms with Crippen LogP contribution in [-0.4, -0.2) is 320 Å². The van der Waals surface area contributed by atoms with E-state index in [1.165, 1.54) is 30.6 Å². The quantitative estimate of drug-likeness (QED) is 0.0266. The minimum atomic E-state index is -2.29. The number of anilines is 1. The van der Waals surface area contributed by atoms with Gasteiger partial charge in [-0.3, -0.25) is 34.8 Å². The first-order valence-electron chi connectivity index (χ1n) is 31.8. The molecule has 5 aliphatic heterocycles. The highest BCUT2D eigenvalue weighted by Gasteiger charge is 2.54. The monoisotopic (exact) mass is 1400 g/mol. The third-order valence-electron chi connectivity index (χ3n) is 17.8. The summed E-state index contributed by atoms with van der Waals surface area (Å²) in [4.78, 5) is 72.9. The molecule has 0 spiro atoms. The maximum absolute atomic E-state index is 15.0. The number of ether oxygens (including phenoxy) is 6. The van der Waals surface area contributed by atoms with E-state index in [1.54, 1.807) is 43.3 Å². The van der Waals surface area contributed by atoms with Crippen LogP contribution >= 0.6 is 0 Å². The smallest absolute Gasteiger partial charge is 0.246 e. The first kappa shape index (κ1) is 77.1. The van der Waals surface area contributed by atoms with E-state index < -0.39 is 215 Å². The van der Waals surface area contributed by atoms with Crippen LogP contribution in [0.5, 0.6) is 5.75 Å². The van der Waals surface area contributed by atoms with Gasteiger partial charge in [0.2, 0.25) is 36.2 Å². The molecule has 36 nitrogen and oxygen atoms in total. The zero-order valence-corrected chi connectivity index (χ0v) is 54.0. The molecule has 0 saturated carbocycles. The van der Waals surface area contributed by atoms with Crippen LogP contribution in [-0.2, 0) is 54.1 Å². The second-order valence-corrected chi connectivity index (χ2v) is 24.7. The fourth-order valence-corrected chi connectivity index (χ4v) is 11.8. The lowest BCUT2D eigenvalue weighted by Gasteiger charge is -2.46. The number of hydrogen-bond donors (Lipinski definition) is 23. The lowest BCUT2D eigenvalue weighted by Crippen LogP contribution is -2.69. The predicted octanol–water partition coefficient (Wildman–Crippen LogP) is -9.57. The van der Waals surface area contributed by atoms with Crippen molar-refractivity contribution in [2.45, 2.75) is 166 Å². The van der Waals surface area contributed by atoms with Crippen LogP contribution in [0.3, 0.4) is 0 Å². The zero-order chi connectivity index (χ0) is 72.1. The van der Waals surface area contributed by atoms with Gasteiger partial charge in [0.25, 0.3) is 0 Å². The highest BCUT2D eigenvalue weighted by Crippen LogP contribution is 2.33. The van der Waals surface area contributed by atoms with Crippen molar-refractivity contribution in [2.24, 2.45) is 5.73 Å². The SMILES string of the molecule is CC(c1ccccc1)C(N)C(=O)NC(Cc1ccc(OC2OC(CO)C(OC3OC(COC/C=C/c4ccc(N(C)C)cc4)C(O)C(O)C3O)C(O)C2O)cc1)C(=O)NC(C(=O)NC(C(=O)NC([C]=O)CO)C(O)C1CNC(=N)N1C1OC(CO)C(O)C(O)C1O)C(O)C1CNC(=N)N1. The first-order chi connectivity index (χ1) is 47.2. The van der Waals surface area contributed by atoms with Gasteiger partial charge >= 0.3 is 0 Å². The van der Waals surface area contributed by atoms with Gasteiger partial charge < -0.3 is 148 Å². The number of carbonyl (C=O) groups excluding carboxylic acids is 5. The Kier molecular flexibility index (Phi) is 27.3. The number of nitrogens with one attached hydrogen (secondary N) is 9. The van der Waals surface area contributed by atoms with Crippen molar-refractivity contribution in [2.75, 3.05) is 65.1 Å². The Bertz CT molecular complexity index is 3200. The molecule has 0 aliphatic carbocycles. The molecule has 0 bridgehead atoms. The van der Waals surface area contributed by atoms with Crippen molar-refractivity contribution in [3.05, 3.63) is 102 Å². The highest BCUT2D eigenvalue weighted by molar-refractivity contribution is 5.96. The van der Waals surface area contributed by atoms with Crippen molar-refractivity contribution >= 4 is 53.6 Å². The maximum Gasteiger partial charge on any atom is 0.246 e. The number of nitrogens with two attached hydrogens (primary N) is 1. The summed E-state index contributed by atoms with van der Waals surface area (Å²) >= 11 is 0. The third kappa shape index (κ3) is 18.7. The average Bonchev–Trinajstić information content (AvgIpc) is 1.76. The number of aliphatic hydroxyl groups is 13. The number of benzene rings is 3. The normalized spacial score (nSPS) is 31.0. The molecule has 0 aromatic heterocycles. The predicted molar refractivity (Wildman–Crippen MR) is 344 cm³/mol. The molecule has 5 fully saturated rings. The molecule has 5 aliphatic rings. The molecule has 3 aromatic carbocycles. The number of amides is 4. The minimum Gasteiger partial charge on any atom is -0.462 e. The Morgan fingerprint density at radius 2 is 1.32 bits per heavy atom. The molecule has 5 heterocycles. The Hall–Kier alpha value is -7.67. The van der Waals surface area contributed by atoms with Crippen LogP contribution in [0.25, 0.3) is 6.08 Å². The van der Waals surface area contributed by atoms with E-state index >= 15 is 0 Å². The van der Waals surface area contributed by atoms with Gasteiger partial charge in [0.05, 0.1) is 51.2 Å². The second kappa shape index (κ2) is 35.1. The summed E-state index contributed by atoms with van der Waals surface area (Å²) < 4.78 is 34.8. The van der Waals surface area contributed by atoms with Crippen molar-refractivity contribution in [1.82, 2.24) is 42.1 Å². The molecule has 25 unspecified atom stereocenters. The van der Waals surface area contributed by atoms with Crippen molar-refractivity contribution in [1.29, 1.82) is 10.8 Å². The molecule has 1 radical (unpaired) electrons. The van der Waals surface area contributed by atoms with Crippen LogP contribution in [0.2, 0.25) is 0 Å². The lowest BCUT2D eigenvalue weighted by atomic mass is 9.93. The Balaban J connectivity index is 0.993. The lowest BCUT2D eigenvalue weighted by molar-refractivity contribution is -0.353. The van der Waals surface area contributed by atoms with Gasteiger partial charge in [0, 0.05) is 45.2 Å². The van der Waals surface area contributed by atoms with E-state index in [0.717, 1.165) is 16.2 Å². The number of aliphatic hydroxyl groups excluding tert-OH is 13. The molecule has 5 saturated heterocycles. The Morgan fingerprint density at radius 3 is 1.95 bits per heavy atom. The summed E-state index contributed by atoms with van der Waals surface area (Å²) in [5.41, 5.74) is 9.32. The van der Waals surface area contributed by atoms with Gasteiger partial charge in [0.1, 0.15) is 115 Å². The van der Waals surface area contributed by atoms with Crippen LogP contribution < -0.4 is 52.6 Å². The summed E-state index contributed by atoms with van der Waals surface area (Å²) in [7, 11) is 3.84. The summed E-state index contributed by atoms with van der Waals surface area (Å²) in [5, 5.41) is 176. The standard InChI is InChI=1S/C63H89N12O24/c1-28(31-9-5-4-6-10-31)41(64)56(91)70-35(20-30-13-17-34(18-14-30)95-60-53(89)50(86)54(39(26-79)97-60)99-61-52(88)49(85)47(83)40(98-61)27-94-19-7-8-29-11-15-33(16-12-29)74(2)3)55(90)72-42(44(80)36-21-67-62(65)71-36)58(93)73-43(57(92)69-32(23-76)24-77)45(81)37-22-68-63(66)75(37)59-51(87)48(84)46(82)38(25-78)96-59/h4-18,28,32,35-54,59-61,76,78-89H,19-23,25-27,64H2,1-3H3,(H2,66,68)(H,69,92)(H,70,91)(H,72,90)(H,73,93)(H3,65,67,71)/b8-7+. The zero-order valence-electron chi connectivity index (χ0n) is 54.0. The van der Waals surface area contributed by atoms with Crippen molar-refractivity contribution in [3.8, 4) is 5.75 Å². The van der Waals surface area contributed by atoms with Gasteiger partial charge in [-0.2, -0.15) is 0 Å². The minimum absolute atomic E-state index is 0.0420. The maximum atomic E-state index is 15.0. The molecule has 545 valence electrons. The van der Waals surface area contributed by atoms with Gasteiger partial charge in [-0.05, 0) is 41.0 Å². The fourth-order valence-electron chi connectivity index (χ4n) is 11.8. The number of hydrogen-bond acceptors (Lipinski definition) is 28. The topological polar surface area (TPSA) is 568 Å². The van der Waals surface area contributed by atoms with Crippen LogP contribution in [0.1, 0.15) is 29.5 Å². The van der Waals surface area contributed by atoms with E-state index in [2.05, 4.69) is 37.2 Å². The molecule has 4 amide bonds. The summed E-state index contributed by atoms with van der Waals surface area (Å²) in [6.45, 7) is -2.07. The Morgan fingerprint density at radius 1 is 0.707 bits per heavy atom. The van der Waals surface area contributed by atoms with Crippen LogP contribution in [0.15, 0.2) is 84.9 Å². The van der Waals surface area contributed by atoms with E-state index in [4.69, 9.17) is 45.0 Å². The molecule has 8 rings (SSSR count). The van der Waals surface area contributed by atoms with Crippen molar-refractivity contribution < 1.29 is 119 Å². The van der Waals surface area contributed by atoms with Gasteiger partial charge in [-0.15, -0.1) is 0 Å². The number of nitrogens with zero attached hydrogens (tertiary/aromatic N) is 2. The first-order valence-corrected chi connectivity index (χ1v) is 31.8. The molecule has 25 atom stereocenters. The molecule has 99 heavy (non-hydrogen) atoms. The molecule has 24 N–H and O–H groups in total. The van der Waals surface area contributed by atoms with E-state index in [-0.39, 0.29) is 37.0 Å². The largest absolute Gasteiger partial charge is 0.462 e. The van der Waals surface area contributed by atoms with Crippen molar-refractivity contribution in [3.63, 3.8) is 0 Å². The average molecular weight is 1400 g/mol. The highest BCUT2D eigenvalue weighted by atomic mass is 16.7. The number of carbonyl (C=O) groups is 4. The van der Waals surface area contributed by atoms with Crippen LogP contribution in [0, 0.1) is 10.8 Å². The van der Waals surface area contributed by atoms with Gasteiger partial charge in [-0.1, -0.05) is 73.7 Å². The molecule has 36 heteroatoms. The molecular formula is C63H89N12O24. The molecule has 3 aromatic rings. The number of guanidine groups is 2.